The van der Waals surface area contributed by atoms with Crippen LogP contribution in [0, 0.1) is 5.92 Å². The van der Waals surface area contributed by atoms with Gasteiger partial charge in [-0.15, -0.1) is 11.3 Å². The molecule has 0 bridgehead atoms. The van der Waals surface area contributed by atoms with E-state index < -0.39 is 64.6 Å². The largest absolute Gasteiger partial charge is 0.459 e. The molecule has 1 aliphatic rings. The van der Waals surface area contributed by atoms with Crippen LogP contribution in [0.4, 0.5) is 57.7 Å². The molecule has 37 heavy (non-hydrogen) atoms. The van der Waals surface area contributed by atoms with Crippen LogP contribution in [0.3, 0.4) is 0 Å². The summed E-state index contributed by atoms with van der Waals surface area (Å²) in [5.41, 5.74) is -0.373. The summed E-state index contributed by atoms with van der Waals surface area (Å²) < 4.78 is 166. The fourth-order valence-electron chi connectivity index (χ4n) is 3.39. The van der Waals surface area contributed by atoms with Gasteiger partial charge in [0, 0.05) is 4.88 Å². The average molecular weight is 581 g/mol. The zero-order valence-electron chi connectivity index (χ0n) is 19.0. The summed E-state index contributed by atoms with van der Waals surface area (Å²) in [6.07, 6.45) is -5.60. The van der Waals surface area contributed by atoms with Crippen molar-refractivity contribution in [2.45, 2.75) is 82.2 Å². The van der Waals surface area contributed by atoms with Gasteiger partial charge in [-0.2, -0.15) is 43.9 Å². The minimum Gasteiger partial charge on any atom is -0.459 e. The number of carbonyl (C=O) groups is 2. The first kappa shape index (κ1) is 31.0. The molecule has 0 aliphatic heterocycles. The fraction of sp³-hybridized carbons (Fsp3) is 0.700. The first-order valence-corrected chi connectivity index (χ1v) is 11.2. The number of esters is 1. The fourth-order valence-corrected chi connectivity index (χ4v) is 4.79. The monoisotopic (exact) mass is 581 g/mol. The molecule has 1 amide bonds. The maximum Gasteiger partial charge on any atom is 0.393 e. The summed E-state index contributed by atoms with van der Waals surface area (Å²) >= 11 is 0.432. The lowest BCUT2D eigenvalue weighted by atomic mass is 9.88. The molecule has 0 saturated carbocycles. The van der Waals surface area contributed by atoms with Gasteiger partial charge in [0.05, 0.1) is 11.7 Å². The summed E-state index contributed by atoms with van der Waals surface area (Å²) in [4.78, 5) is 24.8. The van der Waals surface area contributed by atoms with Crippen molar-refractivity contribution < 1.29 is 67.0 Å². The Morgan fingerprint density at radius 2 is 1.49 bits per heavy atom. The van der Waals surface area contributed by atoms with E-state index in [1.165, 1.54) is 13.8 Å². The molecule has 212 valence electrons. The van der Waals surface area contributed by atoms with Crippen molar-refractivity contribution in [2.75, 3.05) is 5.32 Å². The van der Waals surface area contributed by atoms with Gasteiger partial charge in [-0.25, -0.2) is 13.6 Å². The summed E-state index contributed by atoms with van der Waals surface area (Å²) in [5.74, 6) is -41.8. The maximum absolute atomic E-state index is 14.3. The third-order valence-corrected chi connectivity index (χ3v) is 6.62. The van der Waals surface area contributed by atoms with Crippen LogP contribution in [-0.2, 0) is 22.4 Å². The number of carbonyl (C=O) groups excluding carboxylic acids is 2. The summed E-state index contributed by atoms with van der Waals surface area (Å²) in [6.45, 7) is 4.52. The van der Waals surface area contributed by atoms with E-state index in [4.69, 9.17) is 4.74 Å². The van der Waals surface area contributed by atoms with E-state index in [1.807, 2.05) is 0 Å². The summed E-state index contributed by atoms with van der Waals surface area (Å²) in [7, 11) is 0. The molecule has 1 aliphatic carbocycles. The summed E-state index contributed by atoms with van der Waals surface area (Å²) in [5, 5.41) is 0.240. The number of rotatable bonds is 9. The SMILES string of the molecule is CC1CCc2c(sc(NC(=O)C(F)(F)C(F)(F)C(F)(F)C(F)(F)C(F)(F)C(F)F)c2C(=O)OC(C)C)C1. The highest BCUT2D eigenvalue weighted by molar-refractivity contribution is 7.17. The Hall–Kier alpha value is -2.20. The number of hydrogen-bond donors (Lipinski definition) is 1. The highest BCUT2D eigenvalue weighted by Gasteiger charge is 2.89. The van der Waals surface area contributed by atoms with E-state index in [2.05, 4.69) is 0 Å². The van der Waals surface area contributed by atoms with Crippen molar-refractivity contribution >= 4 is 28.2 Å². The highest BCUT2D eigenvalue weighted by atomic mass is 32.1. The van der Waals surface area contributed by atoms with Gasteiger partial charge in [0.25, 0.3) is 0 Å². The van der Waals surface area contributed by atoms with Gasteiger partial charge in [0.2, 0.25) is 0 Å². The second-order valence-electron chi connectivity index (χ2n) is 8.69. The van der Waals surface area contributed by atoms with Crippen molar-refractivity contribution in [3.8, 4) is 0 Å². The maximum atomic E-state index is 14.3. The molecule has 0 aromatic carbocycles. The van der Waals surface area contributed by atoms with Crippen LogP contribution in [0.2, 0.25) is 0 Å². The Bertz CT molecular complexity index is 1040. The number of amides is 1. The van der Waals surface area contributed by atoms with Crippen molar-refractivity contribution in [3.63, 3.8) is 0 Å². The van der Waals surface area contributed by atoms with Gasteiger partial charge in [-0.3, -0.25) is 4.79 Å². The van der Waals surface area contributed by atoms with Gasteiger partial charge in [0.15, 0.2) is 0 Å². The Morgan fingerprint density at radius 3 is 1.97 bits per heavy atom. The molecule has 1 atom stereocenters. The molecule has 1 aromatic heterocycles. The van der Waals surface area contributed by atoms with E-state index in [-0.39, 0.29) is 24.3 Å². The van der Waals surface area contributed by atoms with Crippen molar-refractivity contribution in [2.24, 2.45) is 5.92 Å². The molecule has 0 fully saturated rings. The van der Waals surface area contributed by atoms with Crippen molar-refractivity contribution in [1.82, 2.24) is 0 Å². The Morgan fingerprint density at radius 1 is 0.946 bits per heavy atom. The number of alkyl halides is 12. The predicted octanol–water partition coefficient (Wildman–Crippen LogP) is 6.82. The number of hydrogen-bond acceptors (Lipinski definition) is 4. The smallest absolute Gasteiger partial charge is 0.393 e. The van der Waals surface area contributed by atoms with Gasteiger partial charge >= 0.3 is 47.9 Å². The third-order valence-electron chi connectivity index (χ3n) is 5.45. The number of nitrogens with one attached hydrogen (secondary N) is 1. The van der Waals surface area contributed by atoms with E-state index in [9.17, 15) is 62.3 Å². The molecular weight excluding hydrogens is 562 g/mol. The van der Waals surface area contributed by atoms with Crippen LogP contribution in [0.1, 0.15) is 48.0 Å². The normalized spacial score (nSPS) is 17.7. The van der Waals surface area contributed by atoms with Crippen LogP contribution in [0.5, 0.6) is 0 Å². The molecule has 0 spiro atoms. The average Bonchev–Trinajstić information content (AvgIpc) is 3.09. The molecule has 1 heterocycles. The van der Waals surface area contributed by atoms with Crippen LogP contribution in [0.15, 0.2) is 0 Å². The van der Waals surface area contributed by atoms with E-state index in [0.29, 0.717) is 22.6 Å². The standard InChI is InChI=1S/C20H19F12NO3S/c1-7(2)36-13(34)11-9-5-4-8(3)6-10(9)37-12(11)33-15(35)17(25,26)19(29,30)20(31,32)18(27,28)16(23,24)14(21)22/h7-8,14H,4-6H2,1-3H3,(H,33,35). The van der Waals surface area contributed by atoms with Gasteiger partial charge < -0.3 is 10.1 Å². The zero-order chi connectivity index (χ0) is 28.9. The van der Waals surface area contributed by atoms with Crippen LogP contribution >= 0.6 is 11.3 Å². The van der Waals surface area contributed by atoms with Gasteiger partial charge in [-0.05, 0) is 44.6 Å². The molecule has 0 saturated heterocycles. The van der Waals surface area contributed by atoms with Crippen LogP contribution < -0.4 is 5.32 Å². The molecule has 2 rings (SSSR count). The van der Waals surface area contributed by atoms with Crippen molar-refractivity contribution in [1.29, 1.82) is 0 Å². The lowest BCUT2D eigenvalue weighted by molar-refractivity contribution is -0.406. The topological polar surface area (TPSA) is 55.4 Å². The quantitative estimate of drug-likeness (QED) is 0.257. The number of anilines is 1. The van der Waals surface area contributed by atoms with Crippen LogP contribution in [-0.4, -0.2) is 54.0 Å². The molecule has 1 aromatic rings. The minimum absolute atomic E-state index is 0.00753. The highest BCUT2D eigenvalue weighted by Crippen LogP contribution is 2.58. The van der Waals surface area contributed by atoms with Crippen molar-refractivity contribution in [3.05, 3.63) is 16.0 Å². The molecule has 17 heteroatoms. The second kappa shape index (κ2) is 9.84. The molecule has 1 N–H and O–H groups in total. The second-order valence-corrected chi connectivity index (χ2v) is 9.79. The van der Waals surface area contributed by atoms with Crippen LogP contribution in [0.25, 0.3) is 0 Å². The third kappa shape index (κ3) is 4.99. The first-order valence-electron chi connectivity index (χ1n) is 10.4. The molecule has 4 nitrogen and oxygen atoms in total. The lowest BCUT2D eigenvalue weighted by Crippen LogP contribution is -2.70. The Balaban J connectivity index is 2.52. The number of halogens is 12. The Labute approximate surface area is 205 Å². The van der Waals surface area contributed by atoms with E-state index in [1.54, 1.807) is 6.92 Å². The summed E-state index contributed by atoms with van der Waals surface area (Å²) in [6, 6.07) is 0. The van der Waals surface area contributed by atoms with Gasteiger partial charge in [0.1, 0.15) is 5.00 Å². The minimum atomic E-state index is -7.84. The number of ether oxygens (including phenoxy) is 1. The Kier molecular flexibility index (Phi) is 8.25. The number of thiophene rings is 1. The van der Waals surface area contributed by atoms with Gasteiger partial charge in [-0.1, -0.05) is 6.92 Å². The first-order chi connectivity index (χ1) is 16.5. The van der Waals surface area contributed by atoms with E-state index in [0.717, 1.165) is 5.32 Å². The molecule has 0 radical (unpaired) electrons. The zero-order valence-corrected chi connectivity index (χ0v) is 19.8. The van der Waals surface area contributed by atoms with E-state index >= 15 is 0 Å². The number of fused-ring (bicyclic) bond motifs is 1. The lowest BCUT2D eigenvalue weighted by Gasteiger charge is -2.38. The molecular formula is C20H19F12NO3S. The predicted molar refractivity (Wildman–Crippen MR) is 105 cm³/mol. The molecule has 1 unspecified atom stereocenters.